The van der Waals surface area contributed by atoms with Crippen LogP contribution in [-0.2, 0) is 6.42 Å². The van der Waals surface area contributed by atoms with Gasteiger partial charge < -0.3 is 19.9 Å². The van der Waals surface area contributed by atoms with Crippen LogP contribution in [0.4, 0.5) is 0 Å². The first-order valence-corrected chi connectivity index (χ1v) is 6.74. The molecule has 0 aliphatic rings. The molecule has 0 spiro atoms. The molecule has 0 amide bonds. The minimum absolute atomic E-state index is 0.0240. The van der Waals surface area contributed by atoms with E-state index < -0.39 is 5.54 Å². The molecular weight excluding hydrogens is 242 g/mol. The minimum atomic E-state index is -0.441. The fourth-order valence-corrected chi connectivity index (χ4v) is 1.87. The summed E-state index contributed by atoms with van der Waals surface area (Å²) in [7, 11) is 1.64. The van der Waals surface area contributed by atoms with Crippen molar-refractivity contribution in [1.82, 2.24) is 5.32 Å². The number of rotatable bonds is 8. The van der Waals surface area contributed by atoms with Crippen LogP contribution in [0.3, 0.4) is 0 Å². The van der Waals surface area contributed by atoms with Crippen molar-refractivity contribution in [3.8, 4) is 11.5 Å². The molecule has 108 valence electrons. The van der Waals surface area contributed by atoms with Crippen LogP contribution in [0.1, 0.15) is 26.3 Å². The maximum Gasteiger partial charge on any atom is 0.161 e. The molecule has 0 aliphatic heterocycles. The van der Waals surface area contributed by atoms with Gasteiger partial charge in [-0.1, -0.05) is 19.9 Å². The largest absolute Gasteiger partial charge is 0.493 e. The third-order valence-corrected chi connectivity index (χ3v) is 3.14. The van der Waals surface area contributed by atoms with Gasteiger partial charge in [0.15, 0.2) is 11.5 Å². The van der Waals surface area contributed by atoms with Crippen molar-refractivity contribution in [2.24, 2.45) is 0 Å². The van der Waals surface area contributed by atoms with Gasteiger partial charge >= 0.3 is 0 Å². The second-order valence-electron chi connectivity index (χ2n) is 4.88. The van der Waals surface area contributed by atoms with Crippen molar-refractivity contribution in [2.45, 2.75) is 32.7 Å². The first-order valence-electron chi connectivity index (χ1n) is 6.74. The number of benzene rings is 1. The molecule has 19 heavy (non-hydrogen) atoms. The molecule has 1 atom stereocenters. The number of aryl methyl sites for hydroxylation is 1. The maximum absolute atomic E-state index is 9.43. The predicted octanol–water partition coefficient (Wildman–Crippen LogP) is 2.00. The summed E-state index contributed by atoms with van der Waals surface area (Å²) >= 11 is 0. The SMILES string of the molecule is CCNC(C)(CO)COc1ccc(CC)cc1OC. The van der Waals surface area contributed by atoms with Crippen molar-refractivity contribution in [3.05, 3.63) is 23.8 Å². The lowest BCUT2D eigenvalue weighted by Crippen LogP contribution is -2.50. The number of ether oxygens (including phenoxy) is 2. The molecule has 0 aromatic heterocycles. The van der Waals surface area contributed by atoms with Crippen LogP contribution in [0.15, 0.2) is 18.2 Å². The summed E-state index contributed by atoms with van der Waals surface area (Å²) < 4.78 is 11.1. The molecule has 0 heterocycles. The van der Waals surface area contributed by atoms with E-state index in [0.717, 1.165) is 18.7 Å². The van der Waals surface area contributed by atoms with E-state index in [4.69, 9.17) is 9.47 Å². The van der Waals surface area contributed by atoms with Gasteiger partial charge in [0, 0.05) is 0 Å². The number of aliphatic hydroxyl groups excluding tert-OH is 1. The number of hydrogen-bond donors (Lipinski definition) is 2. The van der Waals surface area contributed by atoms with Crippen molar-refractivity contribution < 1.29 is 14.6 Å². The van der Waals surface area contributed by atoms with Gasteiger partial charge in [0.25, 0.3) is 0 Å². The summed E-state index contributed by atoms with van der Waals surface area (Å²) in [6, 6.07) is 5.93. The second kappa shape index (κ2) is 7.36. The smallest absolute Gasteiger partial charge is 0.161 e. The molecule has 1 aromatic carbocycles. The summed E-state index contributed by atoms with van der Waals surface area (Å²) in [5.41, 5.74) is 0.768. The van der Waals surface area contributed by atoms with Gasteiger partial charge in [0.05, 0.1) is 19.3 Å². The highest BCUT2D eigenvalue weighted by molar-refractivity contribution is 5.43. The van der Waals surface area contributed by atoms with Gasteiger partial charge in [-0.05, 0) is 37.6 Å². The van der Waals surface area contributed by atoms with E-state index >= 15 is 0 Å². The van der Waals surface area contributed by atoms with Crippen molar-refractivity contribution in [1.29, 1.82) is 0 Å². The van der Waals surface area contributed by atoms with Crippen molar-refractivity contribution in [2.75, 3.05) is 26.9 Å². The highest BCUT2D eigenvalue weighted by Crippen LogP contribution is 2.28. The zero-order valence-electron chi connectivity index (χ0n) is 12.3. The summed E-state index contributed by atoms with van der Waals surface area (Å²) in [5.74, 6) is 1.44. The summed E-state index contributed by atoms with van der Waals surface area (Å²) in [6.45, 7) is 7.24. The van der Waals surface area contributed by atoms with E-state index in [1.54, 1.807) is 7.11 Å². The lowest BCUT2D eigenvalue weighted by atomic mass is 10.1. The molecule has 0 aliphatic carbocycles. The Hall–Kier alpha value is -1.26. The molecule has 0 bridgehead atoms. The summed E-state index contributed by atoms with van der Waals surface area (Å²) in [6.07, 6.45) is 0.961. The van der Waals surface area contributed by atoms with E-state index in [0.29, 0.717) is 12.4 Å². The Kier molecular flexibility index (Phi) is 6.12. The van der Waals surface area contributed by atoms with Crippen molar-refractivity contribution in [3.63, 3.8) is 0 Å². The highest BCUT2D eigenvalue weighted by Gasteiger charge is 2.23. The standard InChI is InChI=1S/C15H25NO3/c1-5-12-7-8-13(14(9-12)18-4)19-11-15(3,10-17)16-6-2/h7-9,16-17H,5-6,10-11H2,1-4H3. The number of likely N-dealkylation sites (N-methyl/N-ethyl adjacent to an activating group) is 1. The quantitative estimate of drug-likeness (QED) is 0.756. The fraction of sp³-hybridized carbons (Fsp3) is 0.600. The molecule has 4 nitrogen and oxygen atoms in total. The van der Waals surface area contributed by atoms with Crippen LogP contribution in [0.5, 0.6) is 11.5 Å². The van der Waals surface area contributed by atoms with Crippen LogP contribution in [0, 0.1) is 0 Å². The molecule has 1 aromatic rings. The first-order chi connectivity index (χ1) is 9.08. The Bertz CT molecular complexity index is 395. The van der Waals surface area contributed by atoms with Crippen LogP contribution < -0.4 is 14.8 Å². The number of aliphatic hydroxyl groups is 1. The van der Waals surface area contributed by atoms with E-state index in [1.165, 1.54) is 5.56 Å². The number of nitrogens with one attached hydrogen (secondary N) is 1. The first kappa shape index (κ1) is 15.8. The lowest BCUT2D eigenvalue weighted by molar-refractivity contribution is 0.115. The van der Waals surface area contributed by atoms with Crippen LogP contribution >= 0.6 is 0 Å². The third kappa shape index (κ3) is 4.40. The maximum atomic E-state index is 9.43. The van der Waals surface area contributed by atoms with Crippen molar-refractivity contribution >= 4 is 0 Å². The van der Waals surface area contributed by atoms with Gasteiger partial charge in [0.1, 0.15) is 6.61 Å². The molecule has 0 saturated heterocycles. The minimum Gasteiger partial charge on any atom is -0.493 e. The van der Waals surface area contributed by atoms with E-state index in [9.17, 15) is 5.11 Å². The topological polar surface area (TPSA) is 50.7 Å². The summed E-state index contributed by atoms with van der Waals surface area (Å²) in [5, 5.41) is 12.7. The van der Waals surface area contributed by atoms with Gasteiger partial charge in [-0.25, -0.2) is 0 Å². The second-order valence-corrected chi connectivity index (χ2v) is 4.88. The monoisotopic (exact) mass is 267 g/mol. The lowest BCUT2D eigenvalue weighted by Gasteiger charge is -2.28. The van der Waals surface area contributed by atoms with Crippen LogP contribution in [0.2, 0.25) is 0 Å². The van der Waals surface area contributed by atoms with E-state index in [2.05, 4.69) is 12.2 Å². The normalized spacial score (nSPS) is 13.9. The number of hydrogen-bond acceptors (Lipinski definition) is 4. The summed E-state index contributed by atoms with van der Waals surface area (Å²) in [4.78, 5) is 0. The van der Waals surface area contributed by atoms with Crippen LogP contribution in [0.25, 0.3) is 0 Å². The zero-order valence-corrected chi connectivity index (χ0v) is 12.3. The molecule has 1 rings (SSSR count). The van der Waals surface area contributed by atoms with E-state index in [1.807, 2.05) is 32.0 Å². The van der Waals surface area contributed by atoms with Gasteiger partial charge in [0.2, 0.25) is 0 Å². The van der Waals surface area contributed by atoms with Gasteiger partial charge in [-0.15, -0.1) is 0 Å². The molecule has 4 heteroatoms. The highest BCUT2D eigenvalue weighted by atomic mass is 16.5. The van der Waals surface area contributed by atoms with E-state index in [-0.39, 0.29) is 6.61 Å². The molecule has 0 fully saturated rings. The van der Waals surface area contributed by atoms with Crippen LogP contribution in [-0.4, -0.2) is 37.5 Å². The zero-order chi connectivity index (χ0) is 14.3. The number of methoxy groups -OCH3 is 1. The molecule has 1 unspecified atom stereocenters. The Labute approximate surface area is 115 Å². The third-order valence-electron chi connectivity index (χ3n) is 3.14. The Morgan fingerprint density at radius 2 is 2.00 bits per heavy atom. The Morgan fingerprint density at radius 1 is 1.26 bits per heavy atom. The Balaban J connectivity index is 2.76. The molecular formula is C15H25NO3. The molecule has 0 radical (unpaired) electrons. The predicted molar refractivity (Wildman–Crippen MR) is 77.0 cm³/mol. The molecule has 2 N–H and O–H groups in total. The average molecular weight is 267 g/mol. The van der Waals surface area contributed by atoms with Gasteiger partial charge in [-0.3, -0.25) is 0 Å². The molecule has 0 saturated carbocycles. The fourth-order valence-electron chi connectivity index (χ4n) is 1.87. The van der Waals surface area contributed by atoms with Gasteiger partial charge in [-0.2, -0.15) is 0 Å². The average Bonchev–Trinajstić information content (AvgIpc) is 2.45. The Morgan fingerprint density at radius 3 is 2.53 bits per heavy atom.